The second kappa shape index (κ2) is 10.1. The topological polar surface area (TPSA) is 148 Å². The number of piperidine rings is 1. The van der Waals surface area contributed by atoms with Gasteiger partial charge in [0.25, 0.3) is 17.9 Å². The SMILES string of the molecule is O=C(c1c[nH]c(=O)c2ccccc12)N1CC[C@H](O)[C@](Cc2ccccc2)(C(=O)O)C1.O=CO. The van der Waals surface area contributed by atoms with E-state index >= 15 is 0 Å². The highest BCUT2D eigenvalue weighted by Gasteiger charge is 2.50. The van der Waals surface area contributed by atoms with E-state index in [4.69, 9.17) is 9.90 Å². The van der Waals surface area contributed by atoms with E-state index < -0.39 is 17.5 Å². The Hall–Kier alpha value is -3.98. The minimum atomic E-state index is -1.51. The molecule has 3 aromatic rings. The maximum atomic E-state index is 13.3. The summed E-state index contributed by atoms with van der Waals surface area (Å²) in [5.41, 5.74) is -0.712. The summed E-state index contributed by atoms with van der Waals surface area (Å²) in [6.45, 7) is -0.137. The van der Waals surface area contributed by atoms with Crippen LogP contribution in [0.1, 0.15) is 22.3 Å². The molecule has 1 aliphatic rings. The summed E-state index contributed by atoms with van der Waals surface area (Å²) in [5, 5.41) is 28.5. The van der Waals surface area contributed by atoms with Crippen molar-refractivity contribution in [2.45, 2.75) is 18.9 Å². The number of carbonyl (C=O) groups excluding carboxylic acids is 1. The number of aromatic nitrogens is 1. The van der Waals surface area contributed by atoms with Crippen LogP contribution in [0.25, 0.3) is 10.8 Å². The summed E-state index contributed by atoms with van der Waals surface area (Å²) in [6, 6.07) is 15.9. The maximum absolute atomic E-state index is 13.3. The molecule has 0 unspecified atom stereocenters. The van der Waals surface area contributed by atoms with E-state index in [1.165, 1.54) is 11.1 Å². The molecule has 1 saturated heterocycles. The highest BCUT2D eigenvalue weighted by molar-refractivity contribution is 6.06. The van der Waals surface area contributed by atoms with Crippen LogP contribution in [0.3, 0.4) is 0 Å². The lowest BCUT2D eigenvalue weighted by Crippen LogP contribution is -2.58. The average molecular weight is 452 g/mol. The molecule has 1 aliphatic heterocycles. The van der Waals surface area contributed by atoms with E-state index in [-0.39, 0.29) is 43.9 Å². The van der Waals surface area contributed by atoms with E-state index in [1.807, 2.05) is 30.3 Å². The number of aliphatic carboxylic acids is 1. The van der Waals surface area contributed by atoms with Crippen LogP contribution < -0.4 is 5.56 Å². The summed E-state index contributed by atoms with van der Waals surface area (Å²) < 4.78 is 0. The number of nitrogens with one attached hydrogen (secondary N) is 1. The summed E-state index contributed by atoms with van der Waals surface area (Å²) in [5.74, 6) is -1.50. The summed E-state index contributed by atoms with van der Waals surface area (Å²) in [4.78, 5) is 50.1. The van der Waals surface area contributed by atoms with Crippen molar-refractivity contribution in [3.63, 3.8) is 0 Å². The molecule has 1 fully saturated rings. The Morgan fingerprint density at radius 1 is 1.09 bits per heavy atom. The first kappa shape index (κ1) is 23.7. The number of aliphatic hydroxyl groups is 1. The smallest absolute Gasteiger partial charge is 0.314 e. The highest BCUT2D eigenvalue weighted by atomic mass is 16.4. The van der Waals surface area contributed by atoms with Gasteiger partial charge in [0.2, 0.25) is 0 Å². The molecule has 1 aromatic heterocycles. The number of rotatable bonds is 4. The van der Waals surface area contributed by atoms with Gasteiger partial charge in [-0.2, -0.15) is 0 Å². The minimum absolute atomic E-state index is 0.112. The predicted molar refractivity (Wildman–Crippen MR) is 120 cm³/mol. The Kier molecular flexibility index (Phi) is 7.24. The summed E-state index contributed by atoms with van der Waals surface area (Å²) in [7, 11) is 0. The maximum Gasteiger partial charge on any atom is 0.314 e. The molecule has 2 atom stereocenters. The summed E-state index contributed by atoms with van der Waals surface area (Å²) >= 11 is 0. The van der Waals surface area contributed by atoms with Gasteiger partial charge >= 0.3 is 5.97 Å². The van der Waals surface area contributed by atoms with Crippen molar-refractivity contribution < 1.29 is 29.7 Å². The fourth-order valence-electron chi connectivity index (χ4n) is 4.23. The Balaban J connectivity index is 0.000000968. The van der Waals surface area contributed by atoms with Crippen molar-refractivity contribution in [3.8, 4) is 0 Å². The zero-order valence-corrected chi connectivity index (χ0v) is 17.7. The zero-order valence-electron chi connectivity index (χ0n) is 17.7. The first-order valence-corrected chi connectivity index (χ1v) is 10.3. The van der Waals surface area contributed by atoms with Gasteiger partial charge in [-0.25, -0.2) is 0 Å². The molecule has 0 radical (unpaired) electrons. The predicted octanol–water partition coefficient (Wildman–Crippen LogP) is 1.75. The number of hydrogen-bond acceptors (Lipinski definition) is 5. The third-order valence-electron chi connectivity index (χ3n) is 5.90. The molecule has 172 valence electrons. The number of carboxylic acids is 1. The van der Waals surface area contributed by atoms with E-state index in [0.717, 1.165) is 5.56 Å². The number of hydrogen-bond donors (Lipinski definition) is 4. The van der Waals surface area contributed by atoms with Gasteiger partial charge in [-0.1, -0.05) is 48.5 Å². The molecule has 0 bridgehead atoms. The van der Waals surface area contributed by atoms with E-state index in [0.29, 0.717) is 16.3 Å². The number of fused-ring (bicyclic) bond motifs is 1. The highest BCUT2D eigenvalue weighted by Crippen LogP contribution is 2.35. The first-order valence-electron chi connectivity index (χ1n) is 10.3. The van der Waals surface area contributed by atoms with Crippen LogP contribution >= 0.6 is 0 Å². The number of aromatic amines is 1. The molecular weight excluding hydrogens is 428 g/mol. The van der Waals surface area contributed by atoms with Gasteiger partial charge in [0.1, 0.15) is 5.41 Å². The quantitative estimate of drug-likeness (QED) is 0.441. The Morgan fingerprint density at radius 3 is 2.33 bits per heavy atom. The fraction of sp³-hybridized carbons (Fsp3) is 0.250. The molecule has 1 amide bonds. The van der Waals surface area contributed by atoms with Gasteiger partial charge in [0.15, 0.2) is 0 Å². The van der Waals surface area contributed by atoms with Gasteiger partial charge in [-0.05, 0) is 24.5 Å². The van der Waals surface area contributed by atoms with Crippen molar-refractivity contribution in [1.29, 1.82) is 0 Å². The van der Waals surface area contributed by atoms with Crippen molar-refractivity contribution in [1.82, 2.24) is 9.88 Å². The first-order chi connectivity index (χ1) is 15.8. The number of likely N-dealkylation sites (tertiary alicyclic amines) is 1. The number of aliphatic hydroxyl groups excluding tert-OH is 1. The van der Waals surface area contributed by atoms with E-state index in [1.54, 1.807) is 24.3 Å². The number of nitrogens with zero attached hydrogens (tertiary/aromatic N) is 1. The number of pyridine rings is 1. The Labute approximate surface area is 188 Å². The van der Waals surface area contributed by atoms with Crippen LogP contribution in [-0.2, 0) is 16.0 Å². The third-order valence-corrected chi connectivity index (χ3v) is 5.90. The standard InChI is InChI=1S/C23H22N2O5.CH2O2/c26-19-10-11-25(14-23(19,22(29)30)12-15-6-2-1-3-7-15)21(28)18-13-24-20(27)17-9-5-4-8-16(17)18;2-1-3/h1-9,13,19,26H,10-12,14H2,(H,24,27)(H,29,30);1H,(H,2,3)/t19-,23+;/m0./s1. The van der Waals surface area contributed by atoms with Crippen LogP contribution in [0.5, 0.6) is 0 Å². The molecule has 2 aromatic carbocycles. The number of H-pyrrole nitrogens is 1. The van der Waals surface area contributed by atoms with Crippen molar-refractivity contribution in [2.24, 2.45) is 5.41 Å². The lowest BCUT2D eigenvalue weighted by molar-refractivity contribution is -0.161. The van der Waals surface area contributed by atoms with Crippen LogP contribution in [-0.4, -0.2) is 62.7 Å². The number of carboxylic acid groups (broad SMARTS) is 2. The molecule has 0 spiro atoms. The normalized spacial score (nSPS) is 19.9. The number of carbonyl (C=O) groups is 3. The molecular formula is C24H24N2O7. The average Bonchev–Trinajstić information content (AvgIpc) is 2.81. The van der Waals surface area contributed by atoms with E-state index in [2.05, 4.69) is 4.98 Å². The minimum Gasteiger partial charge on any atom is -0.483 e. The second-order valence-electron chi connectivity index (χ2n) is 7.84. The molecule has 4 N–H and O–H groups in total. The van der Waals surface area contributed by atoms with Gasteiger partial charge in [-0.3, -0.25) is 19.2 Å². The van der Waals surface area contributed by atoms with Crippen LogP contribution in [0.15, 0.2) is 65.6 Å². The van der Waals surface area contributed by atoms with Gasteiger partial charge in [0, 0.05) is 30.1 Å². The largest absolute Gasteiger partial charge is 0.483 e. The summed E-state index contributed by atoms with van der Waals surface area (Å²) in [6.07, 6.45) is 0.566. The Morgan fingerprint density at radius 2 is 1.70 bits per heavy atom. The molecule has 0 aliphatic carbocycles. The number of amides is 1. The lowest BCUT2D eigenvalue weighted by Gasteiger charge is -2.43. The zero-order chi connectivity index (χ0) is 24.0. The third kappa shape index (κ3) is 4.78. The second-order valence-corrected chi connectivity index (χ2v) is 7.84. The van der Waals surface area contributed by atoms with Gasteiger partial charge < -0.3 is 25.2 Å². The van der Waals surface area contributed by atoms with Crippen LogP contribution in [0.2, 0.25) is 0 Å². The van der Waals surface area contributed by atoms with Crippen molar-refractivity contribution in [3.05, 3.63) is 82.3 Å². The molecule has 4 rings (SSSR count). The molecule has 9 nitrogen and oxygen atoms in total. The lowest BCUT2D eigenvalue weighted by atomic mass is 9.72. The van der Waals surface area contributed by atoms with Gasteiger partial charge in [-0.15, -0.1) is 0 Å². The Bertz CT molecular complexity index is 1210. The van der Waals surface area contributed by atoms with Crippen LogP contribution in [0.4, 0.5) is 0 Å². The van der Waals surface area contributed by atoms with Crippen molar-refractivity contribution in [2.75, 3.05) is 13.1 Å². The van der Waals surface area contributed by atoms with Crippen LogP contribution in [0, 0.1) is 5.41 Å². The number of benzene rings is 2. The molecule has 33 heavy (non-hydrogen) atoms. The van der Waals surface area contributed by atoms with E-state index in [9.17, 15) is 24.6 Å². The molecule has 2 heterocycles. The molecule has 9 heteroatoms. The monoisotopic (exact) mass is 452 g/mol. The fourth-order valence-corrected chi connectivity index (χ4v) is 4.23. The van der Waals surface area contributed by atoms with Crippen molar-refractivity contribution >= 4 is 29.1 Å². The van der Waals surface area contributed by atoms with Gasteiger partial charge in [0.05, 0.1) is 11.7 Å². The molecule has 0 saturated carbocycles.